The summed E-state index contributed by atoms with van der Waals surface area (Å²) in [5, 5.41) is 9.28. The van der Waals surface area contributed by atoms with Crippen molar-refractivity contribution in [2.75, 3.05) is 32.7 Å². The second kappa shape index (κ2) is 10.5. The van der Waals surface area contributed by atoms with E-state index < -0.39 is 12.2 Å². The van der Waals surface area contributed by atoms with Gasteiger partial charge in [-0.2, -0.15) is 13.2 Å². The Bertz CT molecular complexity index is 859. The van der Waals surface area contributed by atoms with Crippen molar-refractivity contribution < 1.29 is 13.2 Å². The van der Waals surface area contributed by atoms with Crippen LogP contribution in [-0.4, -0.2) is 55.6 Å². The fraction of sp³-hybridized carbons (Fsp3) is 0.435. The maximum absolute atomic E-state index is 13.6. The molecule has 3 rings (SSSR count). The van der Waals surface area contributed by atoms with Gasteiger partial charge >= 0.3 is 6.18 Å². The predicted octanol–water partition coefficient (Wildman–Crippen LogP) is 3.55. The summed E-state index contributed by atoms with van der Waals surface area (Å²) in [4.78, 5) is 5.97. The van der Waals surface area contributed by atoms with Crippen LogP contribution in [0.25, 0.3) is 0 Å². The number of hydrogen-bond donors (Lipinski definition) is 3. The molecule has 0 amide bonds. The molecule has 0 aromatic rings. The van der Waals surface area contributed by atoms with Crippen LogP contribution in [0.1, 0.15) is 20.3 Å². The second-order valence-corrected chi connectivity index (χ2v) is 7.48. The number of piperazine rings is 1. The van der Waals surface area contributed by atoms with Gasteiger partial charge in [0.15, 0.2) is 0 Å². The lowest BCUT2D eigenvalue weighted by Gasteiger charge is -2.41. The largest absolute Gasteiger partial charge is 0.409 e. The fourth-order valence-corrected chi connectivity index (χ4v) is 3.75. The molecular weight excluding hydrogens is 403 g/mol. The molecule has 1 aliphatic carbocycles. The first-order valence-corrected chi connectivity index (χ1v) is 10.6. The van der Waals surface area contributed by atoms with E-state index in [-0.39, 0.29) is 6.54 Å². The Morgan fingerprint density at radius 2 is 2.16 bits per heavy atom. The van der Waals surface area contributed by atoms with E-state index in [1.807, 2.05) is 37.3 Å². The molecule has 0 radical (unpaired) electrons. The lowest BCUT2D eigenvalue weighted by Crippen LogP contribution is -2.58. The third-order valence-electron chi connectivity index (χ3n) is 5.23. The van der Waals surface area contributed by atoms with Gasteiger partial charge in [-0.05, 0) is 36.6 Å². The summed E-state index contributed by atoms with van der Waals surface area (Å²) < 4.78 is 40.8. The highest BCUT2D eigenvalue weighted by molar-refractivity contribution is 6.12. The topological polar surface area (TPSA) is 51.7 Å². The monoisotopic (exact) mass is 433 g/mol. The van der Waals surface area contributed by atoms with E-state index in [0.717, 1.165) is 23.3 Å². The Morgan fingerprint density at radius 3 is 2.90 bits per heavy atom. The number of aliphatic imine (C=N–C) groups is 1. The third-order valence-corrected chi connectivity index (χ3v) is 5.23. The maximum Gasteiger partial charge on any atom is 0.409 e. The molecule has 0 saturated carbocycles. The zero-order valence-corrected chi connectivity index (χ0v) is 18.0. The third kappa shape index (κ3) is 5.91. The van der Waals surface area contributed by atoms with Crippen molar-refractivity contribution in [3.8, 4) is 0 Å². The van der Waals surface area contributed by atoms with Crippen LogP contribution in [-0.2, 0) is 0 Å². The Labute approximate surface area is 181 Å². The number of allylic oxidation sites excluding steroid dienone is 5. The summed E-state index contributed by atoms with van der Waals surface area (Å²) >= 11 is 0. The number of dihydropyridines is 1. The van der Waals surface area contributed by atoms with Crippen molar-refractivity contribution in [2.45, 2.75) is 32.5 Å². The number of nitrogens with one attached hydrogen (secondary N) is 3. The maximum atomic E-state index is 13.6. The SMILES string of the molecule is C\C=C/N=C1\C=C(CNC2=CNCC=C2N2CCNCC2C(F)(F)F)C=C\C1=C/CC. The van der Waals surface area contributed by atoms with Gasteiger partial charge in [0.05, 0.1) is 17.1 Å². The molecule has 0 aromatic heterocycles. The average Bonchev–Trinajstić information content (AvgIpc) is 2.77. The van der Waals surface area contributed by atoms with Gasteiger partial charge in [-0.3, -0.25) is 4.99 Å². The molecule has 3 N–H and O–H groups in total. The van der Waals surface area contributed by atoms with Crippen molar-refractivity contribution in [1.82, 2.24) is 20.9 Å². The first kappa shape index (κ1) is 22.9. The average molecular weight is 434 g/mol. The van der Waals surface area contributed by atoms with Crippen molar-refractivity contribution in [3.63, 3.8) is 0 Å². The first-order chi connectivity index (χ1) is 14.9. The van der Waals surface area contributed by atoms with Gasteiger partial charge in [0.2, 0.25) is 0 Å². The van der Waals surface area contributed by atoms with E-state index in [0.29, 0.717) is 37.6 Å². The molecule has 1 fully saturated rings. The molecule has 168 valence electrons. The number of rotatable bonds is 6. The number of halogens is 3. The zero-order chi connectivity index (χ0) is 22.3. The van der Waals surface area contributed by atoms with Gasteiger partial charge in [-0.1, -0.05) is 31.2 Å². The minimum absolute atomic E-state index is 0.104. The second-order valence-electron chi connectivity index (χ2n) is 7.48. The standard InChI is InChI=1S/C23H30F3N5/c1-3-5-18-7-6-17(13-19(18)29-9-4-2)14-30-20-15-27-10-8-21(20)31-12-11-28-16-22(31)23(24,25)26/h4-9,13,15,22,27-28,30H,3,10-12,14,16H2,1-2H3/b9-4-,18-5+,29-19+. The van der Waals surface area contributed by atoms with Gasteiger partial charge in [0.1, 0.15) is 6.04 Å². The van der Waals surface area contributed by atoms with Crippen molar-refractivity contribution >= 4 is 5.71 Å². The molecule has 2 aliphatic heterocycles. The molecule has 3 aliphatic rings. The number of nitrogens with zero attached hydrogens (tertiary/aromatic N) is 2. The molecule has 1 saturated heterocycles. The minimum Gasteiger partial charge on any atom is -0.386 e. The van der Waals surface area contributed by atoms with E-state index in [9.17, 15) is 13.2 Å². The van der Waals surface area contributed by atoms with Crippen LogP contribution in [0.3, 0.4) is 0 Å². The molecule has 1 atom stereocenters. The van der Waals surface area contributed by atoms with Crippen LogP contribution in [0.2, 0.25) is 0 Å². The Balaban J connectivity index is 1.74. The smallest absolute Gasteiger partial charge is 0.386 e. The van der Waals surface area contributed by atoms with Gasteiger partial charge in [-0.25, -0.2) is 0 Å². The molecule has 5 nitrogen and oxygen atoms in total. The Hall–Kier alpha value is -2.74. The first-order valence-electron chi connectivity index (χ1n) is 10.6. The number of hydrogen-bond acceptors (Lipinski definition) is 5. The van der Waals surface area contributed by atoms with Crippen LogP contribution < -0.4 is 16.0 Å². The van der Waals surface area contributed by atoms with Crippen LogP contribution in [0, 0.1) is 0 Å². The van der Waals surface area contributed by atoms with Crippen LogP contribution in [0.15, 0.2) is 76.4 Å². The summed E-state index contributed by atoms with van der Waals surface area (Å²) in [6.45, 7) is 5.71. The van der Waals surface area contributed by atoms with Crippen molar-refractivity contribution in [2.24, 2.45) is 4.99 Å². The molecule has 0 bridgehead atoms. The summed E-state index contributed by atoms with van der Waals surface area (Å²) in [6, 6.07) is -1.54. The zero-order valence-electron chi connectivity index (χ0n) is 18.0. The van der Waals surface area contributed by atoms with Crippen molar-refractivity contribution in [3.05, 3.63) is 71.4 Å². The molecule has 8 heteroatoms. The van der Waals surface area contributed by atoms with Gasteiger partial charge in [0.25, 0.3) is 0 Å². The van der Waals surface area contributed by atoms with E-state index in [1.165, 1.54) is 4.90 Å². The van der Waals surface area contributed by atoms with Gasteiger partial charge < -0.3 is 20.9 Å². The Kier molecular flexibility index (Phi) is 7.79. The highest BCUT2D eigenvalue weighted by atomic mass is 19.4. The highest BCUT2D eigenvalue weighted by Gasteiger charge is 2.45. The van der Waals surface area contributed by atoms with Gasteiger partial charge in [0, 0.05) is 45.1 Å². The van der Waals surface area contributed by atoms with E-state index >= 15 is 0 Å². The van der Waals surface area contributed by atoms with Crippen LogP contribution in [0.5, 0.6) is 0 Å². The minimum atomic E-state index is -4.29. The highest BCUT2D eigenvalue weighted by Crippen LogP contribution is 2.30. The molecule has 1 unspecified atom stereocenters. The molecular formula is C23H30F3N5. The lowest BCUT2D eigenvalue weighted by atomic mass is 9.99. The molecule has 0 spiro atoms. The molecule has 2 heterocycles. The van der Waals surface area contributed by atoms with Crippen LogP contribution >= 0.6 is 0 Å². The van der Waals surface area contributed by atoms with Crippen molar-refractivity contribution in [1.29, 1.82) is 0 Å². The summed E-state index contributed by atoms with van der Waals surface area (Å²) in [6.07, 6.45) is 12.0. The molecule has 31 heavy (non-hydrogen) atoms. The fourth-order valence-electron chi connectivity index (χ4n) is 3.75. The summed E-state index contributed by atoms with van der Waals surface area (Å²) in [7, 11) is 0. The summed E-state index contributed by atoms with van der Waals surface area (Å²) in [5.74, 6) is 0. The number of alkyl halides is 3. The molecule has 0 aromatic carbocycles. The van der Waals surface area contributed by atoms with E-state index in [4.69, 9.17) is 0 Å². The Morgan fingerprint density at radius 1 is 1.32 bits per heavy atom. The normalized spacial score (nSPS) is 24.9. The summed E-state index contributed by atoms with van der Waals surface area (Å²) in [5.41, 5.74) is 4.22. The van der Waals surface area contributed by atoms with E-state index in [1.54, 1.807) is 12.4 Å². The lowest BCUT2D eigenvalue weighted by molar-refractivity contribution is -0.181. The quantitative estimate of drug-likeness (QED) is 0.600. The van der Waals surface area contributed by atoms with Crippen LogP contribution in [0.4, 0.5) is 13.2 Å². The predicted molar refractivity (Wildman–Crippen MR) is 119 cm³/mol. The van der Waals surface area contributed by atoms with E-state index in [2.05, 4.69) is 33.9 Å². The van der Waals surface area contributed by atoms with Gasteiger partial charge in [-0.15, -0.1) is 0 Å².